The van der Waals surface area contributed by atoms with Gasteiger partial charge in [0.05, 0.1) is 18.0 Å². The summed E-state index contributed by atoms with van der Waals surface area (Å²) in [5, 5.41) is 18.5. The van der Waals surface area contributed by atoms with Crippen molar-refractivity contribution in [3.05, 3.63) is 0 Å². The van der Waals surface area contributed by atoms with E-state index in [1.54, 1.807) is 0 Å². The predicted molar refractivity (Wildman–Crippen MR) is 62.9 cm³/mol. The number of aliphatic hydroxyl groups is 2. The average Bonchev–Trinajstić information content (AvgIpc) is 2.95. The molecule has 1 rings (SSSR count). The van der Waals surface area contributed by atoms with Gasteiger partial charge in [-0.1, -0.05) is 20.8 Å². The van der Waals surface area contributed by atoms with Gasteiger partial charge in [-0.15, -0.1) is 0 Å². The molecule has 1 aliphatic rings. The Labute approximate surface area is 97.6 Å². The molecule has 0 spiro atoms. The first-order chi connectivity index (χ1) is 7.08. The Balaban J connectivity index is 3.24. The van der Waals surface area contributed by atoms with Crippen LogP contribution in [0.25, 0.3) is 0 Å². The summed E-state index contributed by atoms with van der Waals surface area (Å²) >= 11 is 0. The number of hydrogen-bond donors (Lipinski definition) is 2. The Bertz CT molecular complexity index is 356. The second-order valence-corrected chi connectivity index (χ2v) is 8.79. The number of aliphatic hydroxyl groups excluding tert-OH is 2. The molecule has 0 saturated heterocycles. The second-order valence-electron chi connectivity index (χ2n) is 6.01. The molecule has 0 heterocycles. The molecule has 0 aliphatic heterocycles. The highest BCUT2D eigenvalue weighted by molar-refractivity contribution is 7.94. The molecule has 0 aromatic heterocycles. The molecule has 0 aromatic rings. The topological polar surface area (TPSA) is 74.6 Å². The fraction of sp³-hybridized carbons (Fsp3) is 1.00. The van der Waals surface area contributed by atoms with Crippen molar-refractivity contribution in [3.63, 3.8) is 0 Å². The maximum Gasteiger partial charge on any atom is 0.166 e. The summed E-state index contributed by atoms with van der Waals surface area (Å²) in [6, 6.07) is 0. The third-order valence-corrected chi connectivity index (χ3v) is 7.51. The van der Waals surface area contributed by atoms with Gasteiger partial charge in [0.1, 0.15) is 4.75 Å². The van der Waals surface area contributed by atoms with Crippen LogP contribution in [0.1, 0.15) is 40.5 Å². The lowest BCUT2D eigenvalue weighted by Gasteiger charge is -2.37. The van der Waals surface area contributed by atoms with Crippen molar-refractivity contribution in [2.75, 3.05) is 13.2 Å². The van der Waals surface area contributed by atoms with E-state index in [9.17, 15) is 18.6 Å². The van der Waals surface area contributed by atoms with E-state index in [4.69, 9.17) is 0 Å². The molecule has 5 heteroatoms. The van der Waals surface area contributed by atoms with E-state index in [-0.39, 0.29) is 5.41 Å². The van der Waals surface area contributed by atoms with Crippen molar-refractivity contribution < 1.29 is 18.6 Å². The molecule has 0 radical (unpaired) electrons. The monoisotopic (exact) mass is 250 g/mol. The number of sulfone groups is 1. The zero-order valence-corrected chi connectivity index (χ0v) is 11.3. The van der Waals surface area contributed by atoms with Gasteiger partial charge in [-0.2, -0.15) is 0 Å². The quantitative estimate of drug-likeness (QED) is 0.771. The summed E-state index contributed by atoms with van der Waals surface area (Å²) in [5.41, 5.74) is -0.364. The van der Waals surface area contributed by atoms with E-state index < -0.39 is 32.5 Å². The lowest BCUT2D eigenvalue weighted by Crippen LogP contribution is -2.53. The van der Waals surface area contributed by atoms with Crippen LogP contribution in [-0.2, 0) is 9.84 Å². The van der Waals surface area contributed by atoms with Crippen LogP contribution in [-0.4, -0.2) is 41.3 Å². The van der Waals surface area contributed by atoms with Crippen LogP contribution in [0.3, 0.4) is 0 Å². The van der Waals surface area contributed by atoms with Gasteiger partial charge in [0.15, 0.2) is 9.84 Å². The minimum atomic E-state index is -3.55. The molecule has 0 unspecified atom stereocenters. The molecule has 1 saturated carbocycles. The normalized spacial score (nSPS) is 20.9. The minimum Gasteiger partial charge on any atom is -0.395 e. The van der Waals surface area contributed by atoms with Gasteiger partial charge in [0.25, 0.3) is 0 Å². The van der Waals surface area contributed by atoms with Crippen molar-refractivity contribution >= 4 is 9.84 Å². The Kier molecular flexibility index (Phi) is 3.21. The van der Waals surface area contributed by atoms with Crippen LogP contribution < -0.4 is 0 Å². The van der Waals surface area contributed by atoms with Gasteiger partial charge in [-0.25, -0.2) is 8.42 Å². The van der Waals surface area contributed by atoms with E-state index in [1.165, 1.54) is 6.92 Å². The number of hydrogen-bond acceptors (Lipinski definition) is 4. The maximum atomic E-state index is 12.5. The number of rotatable bonds is 4. The Morgan fingerprint density at radius 3 is 1.62 bits per heavy atom. The first-order valence-corrected chi connectivity index (χ1v) is 7.02. The van der Waals surface area contributed by atoms with Gasteiger partial charge < -0.3 is 10.2 Å². The van der Waals surface area contributed by atoms with Crippen molar-refractivity contribution in [2.24, 2.45) is 5.41 Å². The Hall–Kier alpha value is -0.130. The Morgan fingerprint density at radius 1 is 1.06 bits per heavy atom. The molecule has 2 N–H and O–H groups in total. The highest BCUT2D eigenvalue weighted by atomic mass is 32.2. The summed E-state index contributed by atoms with van der Waals surface area (Å²) < 4.78 is 22.8. The predicted octanol–water partition coefficient (Wildman–Crippen LogP) is 0.723. The highest BCUT2D eigenvalue weighted by Crippen LogP contribution is 2.58. The third kappa shape index (κ3) is 1.60. The fourth-order valence-electron chi connectivity index (χ4n) is 2.23. The van der Waals surface area contributed by atoms with E-state index in [1.807, 2.05) is 20.8 Å². The molecule has 0 amide bonds. The van der Waals surface area contributed by atoms with E-state index in [0.717, 1.165) is 0 Å². The van der Waals surface area contributed by atoms with Gasteiger partial charge in [-0.05, 0) is 25.2 Å². The molecule has 0 aromatic carbocycles. The van der Waals surface area contributed by atoms with Gasteiger partial charge >= 0.3 is 0 Å². The standard InChI is InChI=1S/C11H22O4S/c1-9(2,3)11(5-6-11)16(14,15)10(4,7-12)8-13/h12-13H,5-8H2,1-4H3. The molecular formula is C11H22O4S. The molecule has 0 bridgehead atoms. The SMILES string of the molecule is CC(C)(C)C1(S(=O)(=O)C(C)(CO)CO)CC1. The molecule has 96 valence electrons. The van der Waals surface area contributed by atoms with Crippen LogP contribution in [0.4, 0.5) is 0 Å². The van der Waals surface area contributed by atoms with Crippen LogP contribution in [0, 0.1) is 5.41 Å². The third-order valence-electron chi connectivity index (χ3n) is 3.90. The smallest absolute Gasteiger partial charge is 0.166 e. The van der Waals surface area contributed by atoms with Gasteiger partial charge in [0.2, 0.25) is 0 Å². The summed E-state index contributed by atoms with van der Waals surface area (Å²) in [4.78, 5) is 0. The van der Waals surface area contributed by atoms with Crippen LogP contribution >= 0.6 is 0 Å². The van der Waals surface area contributed by atoms with Crippen molar-refractivity contribution in [3.8, 4) is 0 Å². The van der Waals surface area contributed by atoms with Crippen molar-refractivity contribution in [1.29, 1.82) is 0 Å². The lowest BCUT2D eigenvalue weighted by molar-refractivity contribution is 0.172. The van der Waals surface area contributed by atoms with Gasteiger partial charge in [-0.3, -0.25) is 0 Å². The molecule has 16 heavy (non-hydrogen) atoms. The lowest BCUT2D eigenvalue weighted by atomic mass is 9.89. The maximum absolute atomic E-state index is 12.5. The highest BCUT2D eigenvalue weighted by Gasteiger charge is 2.66. The first kappa shape index (κ1) is 13.9. The largest absolute Gasteiger partial charge is 0.395 e. The average molecular weight is 250 g/mol. The summed E-state index contributed by atoms with van der Waals surface area (Å²) in [5.74, 6) is 0. The van der Waals surface area contributed by atoms with Crippen molar-refractivity contribution in [1.82, 2.24) is 0 Å². The minimum absolute atomic E-state index is 0.364. The van der Waals surface area contributed by atoms with Crippen LogP contribution in [0.5, 0.6) is 0 Å². The molecule has 1 aliphatic carbocycles. The van der Waals surface area contributed by atoms with Crippen molar-refractivity contribution in [2.45, 2.75) is 50.0 Å². The fourth-order valence-corrected chi connectivity index (χ4v) is 4.96. The van der Waals surface area contributed by atoms with Crippen LogP contribution in [0.15, 0.2) is 0 Å². The molecule has 1 fully saturated rings. The molecule has 0 atom stereocenters. The second kappa shape index (κ2) is 3.68. The molecule has 4 nitrogen and oxygen atoms in total. The zero-order valence-electron chi connectivity index (χ0n) is 10.4. The Morgan fingerprint density at radius 2 is 1.44 bits per heavy atom. The van der Waals surface area contributed by atoms with E-state index in [0.29, 0.717) is 12.8 Å². The van der Waals surface area contributed by atoms with Gasteiger partial charge in [0, 0.05) is 0 Å². The van der Waals surface area contributed by atoms with E-state index in [2.05, 4.69) is 0 Å². The summed E-state index contributed by atoms with van der Waals surface area (Å²) in [6.07, 6.45) is 1.24. The zero-order chi connectivity index (χ0) is 12.8. The van der Waals surface area contributed by atoms with E-state index >= 15 is 0 Å². The summed E-state index contributed by atoms with van der Waals surface area (Å²) in [6.45, 7) is 6.02. The van der Waals surface area contributed by atoms with Crippen LogP contribution in [0.2, 0.25) is 0 Å². The molecular weight excluding hydrogens is 228 g/mol. The summed E-state index contributed by atoms with van der Waals surface area (Å²) in [7, 11) is -3.55. The first-order valence-electron chi connectivity index (χ1n) is 5.54.